The molecule has 3 amide bonds. The van der Waals surface area contributed by atoms with Crippen LogP contribution in [-0.4, -0.2) is 47.6 Å². The molecule has 2 aromatic rings. The maximum Gasteiger partial charge on any atom is 0.263 e. The van der Waals surface area contributed by atoms with Crippen molar-refractivity contribution in [2.24, 2.45) is 11.8 Å². The number of benzene rings is 1. The SMILES string of the molecule is Cc1cc(NS(=O)(=O)c2ccc(NC(=O)CN3C(=O)[C@@H]4CCCC[C@H]4C3=O)cc2)nc(C)n1. The second-order valence-electron chi connectivity index (χ2n) is 8.38. The van der Waals surface area contributed by atoms with E-state index in [2.05, 4.69) is 20.0 Å². The van der Waals surface area contributed by atoms with Gasteiger partial charge in [-0.15, -0.1) is 0 Å². The van der Waals surface area contributed by atoms with Crippen LogP contribution in [0.3, 0.4) is 0 Å². The minimum absolute atomic E-state index is 0.0107. The van der Waals surface area contributed by atoms with Crippen molar-refractivity contribution in [2.75, 3.05) is 16.6 Å². The third-order valence-electron chi connectivity index (χ3n) is 5.89. The molecule has 33 heavy (non-hydrogen) atoms. The van der Waals surface area contributed by atoms with Crippen LogP contribution >= 0.6 is 0 Å². The van der Waals surface area contributed by atoms with Crippen molar-refractivity contribution in [3.63, 3.8) is 0 Å². The smallest absolute Gasteiger partial charge is 0.263 e. The summed E-state index contributed by atoms with van der Waals surface area (Å²) in [6.45, 7) is 3.05. The molecule has 2 heterocycles. The minimum Gasteiger partial charge on any atom is -0.325 e. The zero-order chi connectivity index (χ0) is 23.8. The highest BCUT2D eigenvalue weighted by molar-refractivity contribution is 7.92. The number of anilines is 2. The molecule has 1 aromatic heterocycles. The van der Waals surface area contributed by atoms with Crippen LogP contribution in [0.25, 0.3) is 0 Å². The highest BCUT2D eigenvalue weighted by Crippen LogP contribution is 2.37. The van der Waals surface area contributed by atoms with Gasteiger partial charge in [-0.1, -0.05) is 12.8 Å². The van der Waals surface area contributed by atoms with Gasteiger partial charge in [0.25, 0.3) is 10.0 Å². The average molecular weight is 472 g/mol. The van der Waals surface area contributed by atoms with Crippen LogP contribution in [0.15, 0.2) is 35.2 Å². The molecule has 1 saturated carbocycles. The molecular weight excluding hydrogens is 446 g/mol. The molecule has 1 saturated heterocycles. The third-order valence-corrected chi connectivity index (χ3v) is 7.26. The Balaban J connectivity index is 1.39. The van der Waals surface area contributed by atoms with Gasteiger partial charge in [0.15, 0.2) is 0 Å². The molecule has 4 rings (SSSR count). The zero-order valence-electron chi connectivity index (χ0n) is 18.4. The molecular formula is C22H25N5O5S. The van der Waals surface area contributed by atoms with E-state index in [-0.39, 0.29) is 40.9 Å². The molecule has 174 valence electrons. The largest absolute Gasteiger partial charge is 0.325 e. The van der Waals surface area contributed by atoms with Crippen LogP contribution in [0.1, 0.15) is 37.2 Å². The Hall–Kier alpha value is -3.34. The summed E-state index contributed by atoms with van der Waals surface area (Å²) >= 11 is 0. The van der Waals surface area contributed by atoms with E-state index in [1.54, 1.807) is 13.8 Å². The molecule has 2 aliphatic rings. The molecule has 1 aliphatic carbocycles. The molecule has 2 fully saturated rings. The first-order valence-electron chi connectivity index (χ1n) is 10.7. The van der Waals surface area contributed by atoms with Crippen LogP contribution in [0, 0.1) is 25.7 Å². The molecule has 11 heteroatoms. The van der Waals surface area contributed by atoms with Crippen LogP contribution in [0.4, 0.5) is 11.5 Å². The Morgan fingerprint density at radius 1 is 1.03 bits per heavy atom. The summed E-state index contributed by atoms with van der Waals surface area (Å²) in [6.07, 6.45) is 3.21. The highest BCUT2D eigenvalue weighted by atomic mass is 32.2. The summed E-state index contributed by atoms with van der Waals surface area (Å²) in [6, 6.07) is 7.10. The Morgan fingerprint density at radius 3 is 2.21 bits per heavy atom. The number of hydrogen-bond donors (Lipinski definition) is 2. The van der Waals surface area contributed by atoms with E-state index in [0.29, 0.717) is 30.0 Å². The number of aryl methyl sites for hydroxylation is 2. The maximum atomic E-state index is 12.6. The number of amides is 3. The predicted molar refractivity (Wildman–Crippen MR) is 120 cm³/mol. The number of imide groups is 1. The first-order chi connectivity index (χ1) is 15.6. The number of nitrogens with zero attached hydrogens (tertiary/aromatic N) is 3. The monoisotopic (exact) mass is 471 g/mol. The average Bonchev–Trinajstić information content (AvgIpc) is 2.98. The Labute approximate surface area is 191 Å². The lowest BCUT2D eigenvalue weighted by molar-refractivity contribution is -0.142. The van der Waals surface area contributed by atoms with Crippen LogP contribution < -0.4 is 10.0 Å². The summed E-state index contributed by atoms with van der Waals surface area (Å²) < 4.78 is 27.7. The summed E-state index contributed by atoms with van der Waals surface area (Å²) in [5.41, 5.74) is 0.983. The number of aromatic nitrogens is 2. The quantitative estimate of drug-likeness (QED) is 0.615. The standard InChI is InChI=1S/C22H25N5O5S/c1-13-11-19(24-14(2)23-13)26-33(31,32)16-9-7-15(8-10-16)25-20(28)12-27-21(29)17-5-3-4-6-18(17)22(27)30/h7-11,17-18H,3-6,12H2,1-2H3,(H,25,28)(H,23,24,26)/t17-,18-/m1/s1. The molecule has 2 N–H and O–H groups in total. The number of fused-ring (bicyclic) bond motifs is 1. The maximum absolute atomic E-state index is 12.6. The van der Waals surface area contributed by atoms with Gasteiger partial charge in [0.05, 0.1) is 16.7 Å². The molecule has 1 aromatic carbocycles. The molecule has 0 spiro atoms. The number of rotatable bonds is 6. The van der Waals surface area contributed by atoms with Gasteiger partial charge in [-0.25, -0.2) is 18.4 Å². The zero-order valence-corrected chi connectivity index (χ0v) is 19.2. The van der Waals surface area contributed by atoms with Crippen molar-refractivity contribution in [3.8, 4) is 0 Å². The van der Waals surface area contributed by atoms with Gasteiger partial charge in [-0.2, -0.15) is 0 Å². The van der Waals surface area contributed by atoms with Crippen molar-refractivity contribution in [2.45, 2.75) is 44.4 Å². The van der Waals surface area contributed by atoms with E-state index in [1.165, 1.54) is 30.3 Å². The fourth-order valence-electron chi connectivity index (χ4n) is 4.41. The van der Waals surface area contributed by atoms with E-state index in [4.69, 9.17) is 0 Å². The van der Waals surface area contributed by atoms with Gasteiger partial charge < -0.3 is 5.32 Å². The summed E-state index contributed by atoms with van der Waals surface area (Å²) in [7, 11) is -3.89. The number of likely N-dealkylation sites (tertiary alicyclic amines) is 1. The normalized spacial score (nSPS) is 20.5. The van der Waals surface area contributed by atoms with E-state index in [0.717, 1.165) is 17.7 Å². The Morgan fingerprint density at radius 2 is 1.64 bits per heavy atom. The van der Waals surface area contributed by atoms with Gasteiger partial charge in [0, 0.05) is 17.4 Å². The third kappa shape index (κ3) is 4.87. The fraction of sp³-hybridized carbons (Fsp3) is 0.409. The van der Waals surface area contributed by atoms with E-state index in [1.807, 2.05) is 0 Å². The Bertz CT molecular complexity index is 1170. The highest BCUT2D eigenvalue weighted by Gasteiger charge is 2.48. The van der Waals surface area contributed by atoms with E-state index in [9.17, 15) is 22.8 Å². The van der Waals surface area contributed by atoms with Crippen molar-refractivity contribution in [3.05, 3.63) is 41.9 Å². The fourth-order valence-corrected chi connectivity index (χ4v) is 5.41. The van der Waals surface area contributed by atoms with Gasteiger partial charge in [0.1, 0.15) is 18.2 Å². The Kier molecular flexibility index (Phi) is 6.15. The number of carbonyl (C=O) groups excluding carboxylic acids is 3. The van der Waals surface area contributed by atoms with Gasteiger partial charge in [0.2, 0.25) is 17.7 Å². The van der Waals surface area contributed by atoms with Crippen molar-refractivity contribution in [1.29, 1.82) is 0 Å². The number of nitrogens with one attached hydrogen (secondary N) is 2. The lowest BCUT2D eigenvalue weighted by Crippen LogP contribution is -2.38. The van der Waals surface area contributed by atoms with Crippen LogP contribution in [0.2, 0.25) is 0 Å². The van der Waals surface area contributed by atoms with Crippen molar-refractivity contribution < 1.29 is 22.8 Å². The lowest BCUT2D eigenvalue weighted by Gasteiger charge is -2.19. The number of sulfonamides is 1. The second-order valence-corrected chi connectivity index (χ2v) is 10.1. The van der Waals surface area contributed by atoms with Crippen LogP contribution in [-0.2, 0) is 24.4 Å². The van der Waals surface area contributed by atoms with Crippen molar-refractivity contribution >= 4 is 39.3 Å². The molecule has 2 atom stereocenters. The first kappa shape index (κ1) is 22.8. The molecule has 10 nitrogen and oxygen atoms in total. The van der Waals surface area contributed by atoms with Gasteiger partial charge >= 0.3 is 0 Å². The second kappa shape index (κ2) is 8.89. The number of carbonyl (C=O) groups is 3. The first-order valence-corrected chi connectivity index (χ1v) is 12.2. The minimum atomic E-state index is -3.89. The van der Waals surface area contributed by atoms with E-state index >= 15 is 0 Å². The summed E-state index contributed by atoms with van der Waals surface area (Å²) in [5, 5.41) is 2.61. The van der Waals surface area contributed by atoms with Crippen molar-refractivity contribution in [1.82, 2.24) is 14.9 Å². The van der Waals surface area contributed by atoms with Gasteiger partial charge in [-0.05, 0) is 51.0 Å². The van der Waals surface area contributed by atoms with Crippen LogP contribution in [0.5, 0.6) is 0 Å². The molecule has 0 radical (unpaired) electrons. The topological polar surface area (TPSA) is 138 Å². The van der Waals surface area contributed by atoms with Gasteiger partial charge in [-0.3, -0.25) is 24.0 Å². The predicted octanol–water partition coefficient (Wildman–Crippen LogP) is 2.01. The molecule has 0 unspecified atom stereocenters. The number of hydrogen-bond acceptors (Lipinski definition) is 7. The van der Waals surface area contributed by atoms with E-state index < -0.39 is 15.9 Å². The molecule has 1 aliphatic heterocycles. The molecule has 0 bridgehead atoms. The summed E-state index contributed by atoms with van der Waals surface area (Å²) in [4.78, 5) is 46.7. The lowest BCUT2D eigenvalue weighted by atomic mass is 9.81. The summed E-state index contributed by atoms with van der Waals surface area (Å²) in [5.74, 6) is -1.07.